The zero-order chi connectivity index (χ0) is 59.0. The highest BCUT2D eigenvalue weighted by molar-refractivity contribution is 7.49. The van der Waals surface area contributed by atoms with E-state index >= 15 is 0 Å². The molecule has 4 aromatic heterocycles. The number of phosphoric acid groups is 2. The van der Waals surface area contributed by atoms with E-state index in [9.17, 15) is 34.8 Å². The summed E-state index contributed by atoms with van der Waals surface area (Å²) in [6.45, 7) is 8.07. The van der Waals surface area contributed by atoms with Crippen LogP contribution in [0.1, 0.15) is 116 Å². The molecule has 3 aliphatic rings. The maximum atomic E-state index is 14.0. The third-order valence-corrected chi connectivity index (χ3v) is 16.5. The average molecular weight is 1210 g/mol. The first-order chi connectivity index (χ1) is 39.4. The van der Waals surface area contributed by atoms with Gasteiger partial charge in [0.1, 0.15) is 78.2 Å². The van der Waals surface area contributed by atoms with E-state index in [1.807, 2.05) is 6.07 Å². The van der Waals surface area contributed by atoms with Crippen LogP contribution in [0, 0.1) is 22.7 Å². The van der Waals surface area contributed by atoms with Gasteiger partial charge in [-0.15, -0.1) is 0 Å². The van der Waals surface area contributed by atoms with Gasteiger partial charge in [0.25, 0.3) is 0 Å². The quantitative estimate of drug-likeness (QED) is 0.0202. The second kappa shape index (κ2) is 29.7. The minimum Gasteiger partial charge on any atom is -0.402 e. The Balaban J connectivity index is 0.000000244. The number of benzene rings is 1. The first-order valence-corrected chi connectivity index (χ1v) is 30.9. The molecule has 3 aliphatic heterocycles. The molecule has 0 aliphatic carbocycles. The molecule has 0 spiro atoms. The standard InChI is InChI=1S/C31H41ClN5O8P.C22H34N5O8P/c1-4-5-6-7-8-11-16-39-17-18-40-46(38,45-24-13-10-9-12-22(24)32)41-19-25-27-28(44-30(2,3)43-27)31(20-33,42-25)26-15-14-23-29(34)35-21-36-37(23)26;1-2-3-4-5-6-7-10-32-11-12-33-36(30,31)34-13-17-19(28)20(29)22(14-23,35-17)18-9-8-16-21(24)25-15-26-27(16)18/h9-10,12-15,21,25,27-28H,4-8,11,16-19H2,1-3H3,(H2,34,35,36);8-9,15,17,19-20,28-29H,2-7,10-13H2,1H3,(H,30,31)(H2,24,25,26)/t25-,27-,28-,31+,46?;17-,19-,20-,22+/m11/s1. The summed E-state index contributed by atoms with van der Waals surface area (Å²) in [5.41, 5.74) is 9.50. The van der Waals surface area contributed by atoms with E-state index in [1.54, 1.807) is 56.3 Å². The summed E-state index contributed by atoms with van der Waals surface area (Å²) in [6.07, 6.45) is 8.88. The molecule has 0 radical (unpaired) electrons. The Labute approximate surface area is 481 Å². The monoisotopic (exact) mass is 1200 g/mol. The number of ether oxygens (including phenoxy) is 6. The maximum absolute atomic E-state index is 14.0. The summed E-state index contributed by atoms with van der Waals surface area (Å²) in [5.74, 6) is -0.553. The van der Waals surface area contributed by atoms with Crippen molar-refractivity contribution in [1.29, 1.82) is 10.5 Å². The number of hydrogen-bond donors (Lipinski definition) is 5. The molecule has 26 nitrogen and oxygen atoms in total. The minimum atomic E-state index is -4.50. The van der Waals surface area contributed by atoms with Gasteiger partial charge in [-0.3, -0.25) is 18.1 Å². The summed E-state index contributed by atoms with van der Waals surface area (Å²) in [5, 5.41) is 50.2. The Bertz CT molecular complexity index is 3040. The Morgan fingerprint density at radius 1 is 0.659 bits per heavy atom. The first-order valence-electron chi connectivity index (χ1n) is 27.5. The van der Waals surface area contributed by atoms with Crippen molar-refractivity contribution < 1.29 is 75.3 Å². The fourth-order valence-corrected chi connectivity index (χ4v) is 11.9. The maximum Gasteiger partial charge on any atom is 0.530 e. The van der Waals surface area contributed by atoms with Gasteiger partial charge in [-0.05, 0) is 63.1 Å². The molecule has 7 heterocycles. The summed E-state index contributed by atoms with van der Waals surface area (Å²) in [6, 6.07) is 17.1. The zero-order valence-electron chi connectivity index (χ0n) is 46.5. The smallest absolute Gasteiger partial charge is 0.402 e. The van der Waals surface area contributed by atoms with E-state index in [1.165, 1.54) is 72.7 Å². The normalized spacial score (nSPS) is 25.2. The molecule has 8 rings (SSSR count). The molecule has 3 saturated heterocycles. The van der Waals surface area contributed by atoms with E-state index in [0.717, 1.165) is 32.1 Å². The van der Waals surface area contributed by atoms with Crippen LogP contribution in [0.2, 0.25) is 5.02 Å². The van der Waals surface area contributed by atoms with Crippen molar-refractivity contribution in [2.24, 2.45) is 0 Å². The number of nitriles is 2. The molecule has 29 heteroatoms. The largest absolute Gasteiger partial charge is 0.530 e. The third-order valence-electron chi connectivity index (χ3n) is 13.8. The van der Waals surface area contributed by atoms with Crippen LogP contribution in [0.3, 0.4) is 0 Å². The fourth-order valence-electron chi connectivity index (χ4n) is 9.71. The van der Waals surface area contributed by atoms with Crippen LogP contribution in [0.4, 0.5) is 11.6 Å². The number of aliphatic hydroxyl groups is 2. The fraction of sp³-hybridized carbons (Fsp3) is 0.623. The number of nitrogens with two attached hydrogens (primary N) is 2. The van der Waals surface area contributed by atoms with E-state index in [-0.39, 0.29) is 61.1 Å². The molecule has 5 aromatic rings. The Hall–Kier alpha value is -4.93. The molecule has 0 bridgehead atoms. The van der Waals surface area contributed by atoms with Crippen LogP contribution in [-0.2, 0) is 66.8 Å². The van der Waals surface area contributed by atoms with Crippen molar-refractivity contribution in [3.63, 3.8) is 0 Å². The summed E-state index contributed by atoms with van der Waals surface area (Å²) in [7, 11) is -8.78. The number of nitrogen functional groups attached to an aromatic ring is 2. The van der Waals surface area contributed by atoms with Crippen LogP contribution in [0.5, 0.6) is 5.75 Å². The van der Waals surface area contributed by atoms with Crippen molar-refractivity contribution >= 4 is 49.9 Å². The van der Waals surface area contributed by atoms with Gasteiger partial charge in [0.05, 0.1) is 56.1 Å². The van der Waals surface area contributed by atoms with Crippen LogP contribution in [-0.4, -0.2) is 140 Å². The van der Waals surface area contributed by atoms with E-state index in [4.69, 9.17) is 74.1 Å². The number of aliphatic hydroxyl groups excluding tert-OH is 2. The van der Waals surface area contributed by atoms with Crippen molar-refractivity contribution in [3.8, 4) is 17.9 Å². The van der Waals surface area contributed by atoms with Gasteiger partial charge >= 0.3 is 15.6 Å². The van der Waals surface area contributed by atoms with Crippen LogP contribution in [0.15, 0.2) is 61.2 Å². The van der Waals surface area contributed by atoms with Gasteiger partial charge in [0.2, 0.25) is 11.2 Å². The van der Waals surface area contributed by atoms with E-state index < -0.39 is 75.9 Å². The molecular formula is C53H75ClN10O16P2. The SMILES string of the molecule is CCCCCCCCOCCOP(=O)(O)OC[C@H]1O[C@@](C#N)(c2ccc3c(N)ncnn23)[C@H](O)[C@@H]1O.CCCCCCCCOCCOP(=O)(OC[C@H]1O[C@@](C#N)(c2ccc3c(N)ncnn23)[C@@H]2OC(C)(C)O[C@@H]21)Oc1ccccc1Cl. The highest BCUT2D eigenvalue weighted by atomic mass is 35.5. The van der Waals surface area contributed by atoms with Crippen molar-refractivity contribution in [2.75, 3.05) is 64.3 Å². The number of para-hydroxylation sites is 1. The topological polar surface area (TPSA) is 356 Å². The third kappa shape index (κ3) is 15.9. The molecule has 10 atom stereocenters. The van der Waals surface area contributed by atoms with Gasteiger partial charge in [0.15, 0.2) is 17.4 Å². The van der Waals surface area contributed by atoms with E-state index in [0.29, 0.717) is 29.9 Å². The van der Waals surface area contributed by atoms with Gasteiger partial charge < -0.3 is 59.5 Å². The minimum absolute atomic E-state index is 0.0544. The molecular weight excluding hydrogens is 1130 g/mol. The van der Waals surface area contributed by atoms with Crippen molar-refractivity contribution in [2.45, 2.75) is 158 Å². The number of rotatable bonds is 32. The van der Waals surface area contributed by atoms with Gasteiger partial charge in [-0.1, -0.05) is 102 Å². The molecule has 0 amide bonds. The Kier molecular flexibility index (Phi) is 23.4. The summed E-state index contributed by atoms with van der Waals surface area (Å²) < 4.78 is 91.7. The first kappa shape index (κ1) is 64.6. The van der Waals surface area contributed by atoms with Crippen molar-refractivity contribution in [1.82, 2.24) is 29.2 Å². The van der Waals surface area contributed by atoms with Crippen molar-refractivity contribution in [3.05, 3.63) is 77.6 Å². The lowest BCUT2D eigenvalue weighted by Crippen LogP contribution is -2.41. The number of fused-ring (bicyclic) bond motifs is 3. The zero-order valence-corrected chi connectivity index (χ0v) is 49.1. The molecule has 450 valence electrons. The highest BCUT2D eigenvalue weighted by Crippen LogP contribution is 2.54. The number of halogens is 1. The van der Waals surface area contributed by atoms with Gasteiger partial charge in [0, 0.05) is 13.2 Å². The number of unbranched alkanes of at least 4 members (excludes halogenated alkanes) is 10. The number of anilines is 2. The molecule has 2 unspecified atom stereocenters. The molecule has 0 saturated carbocycles. The van der Waals surface area contributed by atoms with Gasteiger partial charge in [-0.25, -0.2) is 28.1 Å². The number of phosphoric ester groups is 2. The second-order valence-electron chi connectivity index (χ2n) is 20.2. The lowest BCUT2D eigenvalue weighted by atomic mass is 9.92. The van der Waals surface area contributed by atoms with Crippen LogP contribution in [0.25, 0.3) is 11.0 Å². The lowest BCUT2D eigenvalue weighted by molar-refractivity contribution is -0.204. The number of hydrogen-bond acceptors (Lipinski definition) is 23. The predicted molar refractivity (Wildman–Crippen MR) is 297 cm³/mol. The second-order valence-corrected chi connectivity index (χ2v) is 23.7. The predicted octanol–water partition coefficient (Wildman–Crippen LogP) is 7.86. The molecule has 3 fully saturated rings. The van der Waals surface area contributed by atoms with Crippen LogP contribution < -0.4 is 16.0 Å². The molecule has 1 aromatic carbocycles. The Morgan fingerprint density at radius 3 is 1.76 bits per heavy atom. The summed E-state index contributed by atoms with van der Waals surface area (Å²) in [4.78, 5) is 17.8. The molecule has 7 N–H and O–H groups in total. The van der Waals surface area contributed by atoms with Gasteiger partial charge in [-0.2, -0.15) is 20.7 Å². The number of nitrogens with zero attached hydrogens (tertiary/aromatic N) is 8. The number of aromatic nitrogens is 6. The highest BCUT2D eigenvalue weighted by Gasteiger charge is 2.66. The van der Waals surface area contributed by atoms with E-state index in [2.05, 4.69) is 40.1 Å². The lowest BCUT2D eigenvalue weighted by Gasteiger charge is -2.29. The average Bonchev–Trinajstić information content (AvgIpc) is 2.99. The van der Waals surface area contributed by atoms with Crippen LogP contribution >= 0.6 is 27.2 Å². The summed E-state index contributed by atoms with van der Waals surface area (Å²) >= 11 is 6.30. The molecule has 82 heavy (non-hydrogen) atoms. The Morgan fingerprint density at radius 2 is 1.18 bits per heavy atom.